The first-order valence-electron chi connectivity index (χ1n) is 7.76. The Kier molecular flexibility index (Phi) is 5.25. The third-order valence-electron chi connectivity index (χ3n) is 3.89. The van der Waals surface area contributed by atoms with Crippen LogP contribution in [0.15, 0.2) is 46.9 Å². The van der Waals surface area contributed by atoms with Crippen molar-refractivity contribution in [2.24, 2.45) is 0 Å². The fourth-order valence-corrected chi connectivity index (χ4v) is 3.09. The van der Waals surface area contributed by atoms with Gasteiger partial charge in [-0.3, -0.25) is 4.79 Å². The first-order valence-corrected chi connectivity index (χ1v) is 8.55. The molecule has 1 atom stereocenters. The third kappa shape index (κ3) is 3.82. The number of halogens is 1. The number of para-hydroxylation sites is 1. The van der Waals surface area contributed by atoms with E-state index >= 15 is 0 Å². The van der Waals surface area contributed by atoms with Crippen LogP contribution in [-0.4, -0.2) is 26.2 Å². The van der Waals surface area contributed by atoms with E-state index in [1.54, 1.807) is 7.11 Å². The number of anilines is 1. The van der Waals surface area contributed by atoms with E-state index in [0.29, 0.717) is 12.4 Å². The van der Waals surface area contributed by atoms with Gasteiger partial charge in [-0.2, -0.15) is 0 Å². The maximum Gasteiger partial charge on any atom is 0.239 e. The molecule has 1 heterocycles. The molecule has 2 aromatic rings. The van der Waals surface area contributed by atoms with Gasteiger partial charge in [0.1, 0.15) is 11.5 Å². The lowest BCUT2D eigenvalue weighted by Gasteiger charge is -2.26. The smallest absolute Gasteiger partial charge is 0.239 e. The number of benzene rings is 2. The van der Waals surface area contributed by atoms with Crippen molar-refractivity contribution in [2.75, 3.05) is 25.6 Å². The molecule has 0 spiro atoms. The van der Waals surface area contributed by atoms with E-state index in [-0.39, 0.29) is 18.5 Å². The Balaban J connectivity index is 1.62. The number of hydrogen-bond donors (Lipinski definition) is 2. The maximum absolute atomic E-state index is 12.3. The van der Waals surface area contributed by atoms with Crippen molar-refractivity contribution < 1.29 is 14.3 Å². The minimum absolute atomic E-state index is 0.0198. The number of carbonyl (C=O) groups excluding carboxylic acids is 1. The van der Waals surface area contributed by atoms with E-state index in [1.807, 2.05) is 42.5 Å². The molecule has 0 saturated carbocycles. The first-order chi connectivity index (χ1) is 11.7. The quantitative estimate of drug-likeness (QED) is 0.819. The van der Waals surface area contributed by atoms with Gasteiger partial charge < -0.3 is 20.1 Å². The van der Waals surface area contributed by atoms with E-state index in [9.17, 15) is 4.79 Å². The summed E-state index contributed by atoms with van der Waals surface area (Å²) in [5.41, 5.74) is 1.80. The summed E-state index contributed by atoms with van der Waals surface area (Å²) >= 11 is 3.42. The molecule has 1 amide bonds. The molecule has 0 saturated heterocycles. The summed E-state index contributed by atoms with van der Waals surface area (Å²) < 4.78 is 11.8. The highest BCUT2D eigenvalue weighted by Gasteiger charge is 2.22. The zero-order chi connectivity index (χ0) is 16.9. The van der Waals surface area contributed by atoms with Crippen LogP contribution in [0.4, 0.5) is 5.69 Å². The molecule has 24 heavy (non-hydrogen) atoms. The van der Waals surface area contributed by atoms with Crippen molar-refractivity contribution in [2.45, 2.75) is 12.5 Å². The number of ether oxygens (including phenoxy) is 2. The Morgan fingerprint density at radius 1 is 1.33 bits per heavy atom. The van der Waals surface area contributed by atoms with Crippen molar-refractivity contribution in [3.8, 4) is 11.5 Å². The van der Waals surface area contributed by atoms with Crippen molar-refractivity contribution in [3.63, 3.8) is 0 Å². The predicted octanol–water partition coefficient (Wildman–Crippen LogP) is 3.51. The molecule has 5 nitrogen and oxygen atoms in total. The van der Waals surface area contributed by atoms with Gasteiger partial charge in [0.25, 0.3) is 0 Å². The average Bonchev–Trinajstić information content (AvgIpc) is 2.60. The summed E-state index contributed by atoms with van der Waals surface area (Å²) in [7, 11) is 1.60. The number of carbonyl (C=O) groups is 1. The Morgan fingerprint density at radius 3 is 3.00 bits per heavy atom. The first kappa shape index (κ1) is 16.6. The van der Waals surface area contributed by atoms with Crippen molar-refractivity contribution >= 4 is 27.5 Å². The summed E-state index contributed by atoms with van der Waals surface area (Å²) in [6.45, 7) is 0.779. The lowest BCUT2D eigenvalue weighted by atomic mass is 10.0. The zero-order valence-electron chi connectivity index (χ0n) is 13.3. The molecular weight excluding hydrogens is 372 g/mol. The molecule has 2 N–H and O–H groups in total. The van der Waals surface area contributed by atoms with Gasteiger partial charge in [0.15, 0.2) is 0 Å². The van der Waals surface area contributed by atoms with Crippen LogP contribution in [0.1, 0.15) is 18.0 Å². The zero-order valence-corrected chi connectivity index (χ0v) is 14.9. The van der Waals surface area contributed by atoms with Crippen LogP contribution in [0, 0.1) is 0 Å². The molecule has 0 aromatic heterocycles. The largest absolute Gasteiger partial charge is 0.495 e. The van der Waals surface area contributed by atoms with Crippen LogP contribution in [0.2, 0.25) is 0 Å². The second-order valence-corrected chi connectivity index (χ2v) is 6.41. The normalized spacial score (nSPS) is 15.8. The molecule has 0 radical (unpaired) electrons. The van der Waals surface area contributed by atoms with Crippen molar-refractivity contribution in [1.82, 2.24) is 5.32 Å². The summed E-state index contributed by atoms with van der Waals surface area (Å²) in [6.07, 6.45) is 0.767. The van der Waals surface area contributed by atoms with Crippen LogP contribution < -0.4 is 20.1 Å². The molecule has 0 fully saturated rings. The second-order valence-electron chi connectivity index (χ2n) is 5.49. The molecule has 126 valence electrons. The highest BCUT2D eigenvalue weighted by molar-refractivity contribution is 9.10. The molecule has 2 aromatic carbocycles. The van der Waals surface area contributed by atoms with Gasteiger partial charge in [-0.05, 0) is 24.3 Å². The van der Waals surface area contributed by atoms with E-state index in [4.69, 9.17) is 9.47 Å². The summed E-state index contributed by atoms with van der Waals surface area (Å²) in [6, 6.07) is 13.4. The summed E-state index contributed by atoms with van der Waals surface area (Å²) in [5.74, 6) is 1.47. The fraction of sp³-hybridized carbons (Fsp3) is 0.278. The number of nitrogens with one attached hydrogen (secondary N) is 2. The topological polar surface area (TPSA) is 59.6 Å². The molecule has 6 heteroatoms. The van der Waals surface area contributed by atoms with Gasteiger partial charge in [0.2, 0.25) is 5.91 Å². The Morgan fingerprint density at radius 2 is 2.17 bits per heavy atom. The van der Waals surface area contributed by atoms with E-state index in [2.05, 4.69) is 26.6 Å². The Hall–Kier alpha value is -2.21. The molecule has 0 bridgehead atoms. The van der Waals surface area contributed by atoms with Gasteiger partial charge >= 0.3 is 0 Å². The number of methoxy groups -OCH3 is 1. The summed E-state index contributed by atoms with van der Waals surface area (Å²) in [4.78, 5) is 12.3. The lowest BCUT2D eigenvalue weighted by Crippen LogP contribution is -2.35. The van der Waals surface area contributed by atoms with E-state index in [1.165, 1.54) is 0 Å². The Labute approximate surface area is 149 Å². The van der Waals surface area contributed by atoms with Crippen molar-refractivity contribution in [3.05, 3.63) is 52.5 Å². The van der Waals surface area contributed by atoms with Crippen LogP contribution in [0.3, 0.4) is 0 Å². The van der Waals surface area contributed by atoms with Gasteiger partial charge in [0, 0.05) is 16.5 Å². The number of rotatable bonds is 5. The minimum Gasteiger partial charge on any atom is -0.495 e. The molecule has 1 aliphatic rings. The van der Waals surface area contributed by atoms with Gasteiger partial charge in [-0.1, -0.05) is 34.1 Å². The summed E-state index contributed by atoms with van der Waals surface area (Å²) in [5, 5.41) is 6.18. The number of amides is 1. The average molecular weight is 391 g/mol. The van der Waals surface area contributed by atoms with E-state index in [0.717, 1.165) is 27.9 Å². The maximum atomic E-state index is 12.3. The van der Waals surface area contributed by atoms with E-state index < -0.39 is 0 Å². The van der Waals surface area contributed by atoms with Crippen LogP contribution in [0.5, 0.6) is 11.5 Å². The Bertz CT molecular complexity index is 736. The third-order valence-corrected chi connectivity index (χ3v) is 4.39. The molecule has 0 aliphatic carbocycles. The second kappa shape index (κ2) is 7.57. The van der Waals surface area contributed by atoms with Crippen LogP contribution in [0.25, 0.3) is 0 Å². The lowest BCUT2D eigenvalue weighted by molar-refractivity contribution is -0.120. The number of fused-ring (bicyclic) bond motifs is 1. The molecule has 1 aliphatic heterocycles. The minimum atomic E-state index is -0.0706. The highest BCUT2D eigenvalue weighted by Crippen LogP contribution is 2.31. The van der Waals surface area contributed by atoms with Gasteiger partial charge in [-0.25, -0.2) is 0 Å². The molecule has 1 unspecified atom stereocenters. The number of hydrogen-bond acceptors (Lipinski definition) is 4. The van der Waals surface area contributed by atoms with Crippen molar-refractivity contribution in [1.29, 1.82) is 0 Å². The van der Waals surface area contributed by atoms with Gasteiger partial charge in [-0.15, -0.1) is 0 Å². The molecule has 3 rings (SSSR count). The fourth-order valence-electron chi connectivity index (χ4n) is 2.73. The van der Waals surface area contributed by atoms with Crippen LogP contribution >= 0.6 is 15.9 Å². The SMILES string of the molecule is COc1ccc(Br)cc1NCC(=O)NC1CCOc2ccccc21. The van der Waals surface area contributed by atoms with Crippen LogP contribution in [-0.2, 0) is 4.79 Å². The van der Waals surface area contributed by atoms with Gasteiger partial charge in [0.05, 0.1) is 32.0 Å². The monoisotopic (exact) mass is 390 g/mol. The predicted molar refractivity (Wildman–Crippen MR) is 96.6 cm³/mol. The molecular formula is C18H19BrN2O3. The highest BCUT2D eigenvalue weighted by atomic mass is 79.9. The standard InChI is InChI=1S/C18H19BrN2O3/c1-23-17-7-6-12(19)10-15(17)20-11-18(22)21-14-8-9-24-16-5-3-2-4-13(14)16/h2-7,10,14,20H,8-9,11H2,1H3,(H,21,22).